The minimum atomic E-state index is 0.606. The Balaban J connectivity index is 1.13. The number of benzene rings is 8. The highest BCUT2D eigenvalue weighted by Gasteiger charge is 2.25. The first-order chi connectivity index (χ1) is 25.2. The van der Waals surface area contributed by atoms with E-state index in [0.29, 0.717) is 17.5 Å². The van der Waals surface area contributed by atoms with E-state index < -0.39 is 0 Å². The molecule has 0 fully saturated rings. The minimum Gasteiger partial charge on any atom is -0.456 e. The lowest BCUT2D eigenvalue weighted by Gasteiger charge is -2.10. The van der Waals surface area contributed by atoms with Gasteiger partial charge in [-0.3, -0.25) is 0 Å². The molecule has 0 unspecified atom stereocenters. The van der Waals surface area contributed by atoms with Crippen molar-refractivity contribution in [1.82, 2.24) is 15.0 Å². The number of fused-ring (bicyclic) bond motifs is 7. The SMILES string of the molecule is c1ccc(-c2ccc(-c3nc(-c4ccc5ccccc5c4)nc(-c4cccc5oc6cc7c(cc6c45)-c4cccc5cccc-7c45)n3)cc2)cc1. The predicted molar refractivity (Wildman–Crippen MR) is 208 cm³/mol. The minimum absolute atomic E-state index is 0.606. The maximum atomic E-state index is 6.60. The van der Waals surface area contributed by atoms with Crippen LogP contribution in [0.25, 0.3) is 111 Å². The number of hydrogen-bond donors (Lipinski definition) is 0. The summed E-state index contributed by atoms with van der Waals surface area (Å²) in [5, 5.41) is 6.91. The van der Waals surface area contributed by atoms with Gasteiger partial charge in [-0.25, -0.2) is 15.0 Å². The molecular formula is C47H27N3O. The summed E-state index contributed by atoms with van der Waals surface area (Å²) in [4.78, 5) is 15.4. The summed E-state index contributed by atoms with van der Waals surface area (Å²) in [6, 6.07) is 57.4. The second kappa shape index (κ2) is 10.8. The van der Waals surface area contributed by atoms with E-state index >= 15 is 0 Å². The third-order valence-corrected chi connectivity index (χ3v) is 10.3. The fourth-order valence-corrected chi connectivity index (χ4v) is 7.82. The third-order valence-electron chi connectivity index (χ3n) is 10.3. The van der Waals surface area contributed by atoms with E-state index in [-0.39, 0.29) is 0 Å². The van der Waals surface area contributed by atoms with Crippen molar-refractivity contribution < 1.29 is 4.42 Å². The molecule has 2 heterocycles. The molecule has 0 bridgehead atoms. The van der Waals surface area contributed by atoms with Gasteiger partial charge in [0, 0.05) is 27.5 Å². The maximum Gasteiger partial charge on any atom is 0.164 e. The Bertz CT molecular complexity index is 3010. The fourth-order valence-electron chi connectivity index (χ4n) is 7.82. The molecule has 0 aliphatic heterocycles. The van der Waals surface area contributed by atoms with Crippen molar-refractivity contribution >= 4 is 43.5 Å². The van der Waals surface area contributed by atoms with Gasteiger partial charge in [0.2, 0.25) is 0 Å². The van der Waals surface area contributed by atoms with Gasteiger partial charge in [-0.2, -0.15) is 0 Å². The Hall–Kier alpha value is -6.91. The molecule has 4 nitrogen and oxygen atoms in total. The quantitative estimate of drug-likeness (QED) is 0.190. The number of aromatic nitrogens is 3. The molecule has 236 valence electrons. The van der Waals surface area contributed by atoms with Crippen molar-refractivity contribution in [3.8, 4) is 67.5 Å². The third kappa shape index (κ3) is 4.37. The average Bonchev–Trinajstić information content (AvgIpc) is 3.73. The summed E-state index contributed by atoms with van der Waals surface area (Å²) in [6.45, 7) is 0. The zero-order valence-electron chi connectivity index (χ0n) is 27.3. The highest BCUT2D eigenvalue weighted by atomic mass is 16.3. The maximum absolute atomic E-state index is 6.60. The van der Waals surface area contributed by atoms with Crippen LogP contribution in [0, 0.1) is 0 Å². The lowest BCUT2D eigenvalue weighted by atomic mass is 9.99. The normalized spacial score (nSPS) is 11.9. The van der Waals surface area contributed by atoms with Crippen LogP contribution in [0.2, 0.25) is 0 Å². The lowest BCUT2D eigenvalue weighted by molar-refractivity contribution is 0.669. The van der Waals surface area contributed by atoms with Crippen molar-refractivity contribution in [2.24, 2.45) is 0 Å². The van der Waals surface area contributed by atoms with Gasteiger partial charge in [0.1, 0.15) is 11.2 Å². The zero-order valence-corrected chi connectivity index (χ0v) is 27.3. The molecule has 2 aromatic heterocycles. The Labute approximate surface area is 293 Å². The summed E-state index contributed by atoms with van der Waals surface area (Å²) < 4.78 is 6.60. The Morgan fingerprint density at radius 1 is 0.314 bits per heavy atom. The molecule has 51 heavy (non-hydrogen) atoms. The fraction of sp³-hybridized carbons (Fsp3) is 0. The molecule has 11 rings (SSSR count). The molecule has 0 atom stereocenters. The molecule has 0 N–H and O–H groups in total. The average molecular weight is 650 g/mol. The highest BCUT2D eigenvalue weighted by molar-refractivity contribution is 6.20. The van der Waals surface area contributed by atoms with Gasteiger partial charge in [-0.05, 0) is 79.2 Å². The number of nitrogens with zero attached hydrogens (tertiary/aromatic N) is 3. The predicted octanol–water partition coefficient (Wildman–Crippen LogP) is 12.4. The van der Waals surface area contributed by atoms with Gasteiger partial charge in [0.15, 0.2) is 17.5 Å². The molecule has 1 aliphatic carbocycles. The number of hydrogen-bond acceptors (Lipinski definition) is 4. The lowest BCUT2D eigenvalue weighted by Crippen LogP contribution is -2.00. The second-order valence-corrected chi connectivity index (χ2v) is 13.2. The van der Waals surface area contributed by atoms with E-state index in [1.54, 1.807) is 0 Å². The molecule has 0 spiro atoms. The Morgan fingerprint density at radius 3 is 1.71 bits per heavy atom. The molecule has 10 aromatic rings. The van der Waals surface area contributed by atoms with Crippen LogP contribution >= 0.6 is 0 Å². The largest absolute Gasteiger partial charge is 0.456 e. The van der Waals surface area contributed by atoms with Crippen LogP contribution in [0.15, 0.2) is 168 Å². The first-order valence-corrected chi connectivity index (χ1v) is 17.2. The molecule has 8 aromatic carbocycles. The second-order valence-electron chi connectivity index (χ2n) is 13.2. The summed E-state index contributed by atoms with van der Waals surface area (Å²) in [7, 11) is 0. The van der Waals surface area contributed by atoms with E-state index in [9.17, 15) is 0 Å². The van der Waals surface area contributed by atoms with E-state index in [4.69, 9.17) is 19.4 Å². The van der Waals surface area contributed by atoms with Gasteiger partial charge in [-0.1, -0.05) is 140 Å². The summed E-state index contributed by atoms with van der Waals surface area (Å²) in [5.74, 6) is 1.85. The van der Waals surface area contributed by atoms with Crippen molar-refractivity contribution in [3.63, 3.8) is 0 Å². The van der Waals surface area contributed by atoms with Gasteiger partial charge >= 0.3 is 0 Å². The van der Waals surface area contributed by atoms with Gasteiger partial charge in [-0.15, -0.1) is 0 Å². The van der Waals surface area contributed by atoms with Crippen LogP contribution in [0.4, 0.5) is 0 Å². The number of rotatable bonds is 4. The highest BCUT2D eigenvalue weighted by Crippen LogP contribution is 2.50. The van der Waals surface area contributed by atoms with Crippen LogP contribution in [0.3, 0.4) is 0 Å². The number of furan rings is 1. The summed E-state index contributed by atoms with van der Waals surface area (Å²) in [5.41, 5.74) is 11.7. The molecule has 0 amide bonds. The molecule has 1 aliphatic rings. The van der Waals surface area contributed by atoms with E-state index in [1.807, 2.05) is 18.2 Å². The van der Waals surface area contributed by atoms with Crippen LogP contribution in [0.1, 0.15) is 0 Å². The van der Waals surface area contributed by atoms with Gasteiger partial charge in [0.25, 0.3) is 0 Å². The standard InChI is InChI=1S/C47H27N3O/c1-2-9-28(10-3-1)30-19-22-32(23-20-30)45-48-46(34-24-21-29-11-4-5-12-33(29)25-34)50-47(49-45)37-17-8-18-41-44(37)40-26-38-35-15-6-13-31-14-7-16-36(43(31)35)39(38)27-42(40)51-41/h1-27H. The Kier molecular flexibility index (Phi) is 5.92. The topological polar surface area (TPSA) is 51.8 Å². The van der Waals surface area contributed by atoms with Crippen molar-refractivity contribution in [1.29, 1.82) is 0 Å². The van der Waals surface area contributed by atoms with E-state index in [2.05, 4.69) is 146 Å². The zero-order chi connectivity index (χ0) is 33.5. The van der Waals surface area contributed by atoms with Crippen LogP contribution in [0.5, 0.6) is 0 Å². The van der Waals surface area contributed by atoms with Crippen molar-refractivity contribution in [2.45, 2.75) is 0 Å². The van der Waals surface area contributed by atoms with Gasteiger partial charge in [0.05, 0.1) is 0 Å². The smallest absolute Gasteiger partial charge is 0.164 e. The van der Waals surface area contributed by atoms with E-state index in [1.165, 1.54) is 44.0 Å². The van der Waals surface area contributed by atoms with Crippen molar-refractivity contribution in [2.75, 3.05) is 0 Å². The van der Waals surface area contributed by atoms with Crippen LogP contribution in [-0.4, -0.2) is 15.0 Å². The molecule has 4 heteroatoms. The molecular weight excluding hydrogens is 623 g/mol. The van der Waals surface area contributed by atoms with Gasteiger partial charge < -0.3 is 4.42 Å². The monoisotopic (exact) mass is 649 g/mol. The summed E-state index contributed by atoms with van der Waals surface area (Å²) in [6.07, 6.45) is 0. The summed E-state index contributed by atoms with van der Waals surface area (Å²) >= 11 is 0. The van der Waals surface area contributed by atoms with Crippen LogP contribution < -0.4 is 0 Å². The Morgan fingerprint density at radius 2 is 0.902 bits per heavy atom. The van der Waals surface area contributed by atoms with Crippen molar-refractivity contribution in [3.05, 3.63) is 164 Å². The molecule has 0 saturated heterocycles. The first-order valence-electron chi connectivity index (χ1n) is 17.2. The van der Waals surface area contributed by atoms with Crippen LogP contribution in [-0.2, 0) is 0 Å². The first kappa shape index (κ1) is 28.0. The molecule has 0 radical (unpaired) electrons. The molecule has 0 saturated carbocycles. The van der Waals surface area contributed by atoms with E-state index in [0.717, 1.165) is 49.6 Å².